The first-order chi connectivity index (χ1) is 7.27. The molecule has 2 rings (SSSR count). The average Bonchev–Trinajstić information content (AvgIpc) is 2.63. The van der Waals surface area contributed by atoms with E-state index in [4.69, 9.17) is 5.73 Å². The number of hydrogen-bond acceptors (Lipinski definition) is 3. The summed E-state index contributed by atoms with van der Waals surface area (Å²) in [5, 5.41) is 6.61. The summed E-state index contributed by atoms with van der Waals surface area (Å²) in [6.07, 6.45) is 1.76. The summed E-state index contributed by atoms with van der Waals surface area (Å²) in [5.41, 5.74) is 8.35. The van der Waals surface area contributed by atoms with Crippen LogP contribution in [0.5, 0.6) is 0 Å². The number of nitrogens with one attached hydrogen (secondary N) is 1. The van der Waals surface area contributed by atoms with Gasteiger partial charge in [-0.3, -0.25) is 5.10 Å². The lowest BCUT2D eigenvalue weighted by Gasteiger charge is -2.03. The summed E-state index contributed by atoms with van der Waals surface area (Å²) in [7, 11) is 0. The van der Waals surface area contributed by atoms with Crippen LogP contribution in [0, 0.1) is 6.92 Å². The molecule has 0 aliphatic heterocycles. The van der Waals surface area contributed by atoms with Crippen LogP contribution in [0.4, 0.5) is 5.82 Å². The molecule has 15 heavy (non-hydrogen) atoms. The highest BCUT2D eigenvalue weighted by Gasteiger charge is 2.03. The number of rotatable bonds is 3. The number of benzene rings is 1. The van der Waals surface area contributed by atoms with Crippen molar-refractivity contribution in [2.24, 2.45) is 0 Å². The number of nitrogens with two attached hydrogens (primary N) is 1. The molecule has 0 amide bonds. The minimum Gasteiger partial charge on any atom is -0.383 e. The minimum atomic E-state index is 0.647. The van der Waals surface area contributed by atoms with E-state index < -0.39 is 0 Å². The topological polar surface area (TPSA) is 54.7 Å². The number of nitrogens with zero attached hydrogens (tertiary/aromatic N) is 1. The molecular formula is C11H13N3S. The van der Waals surface area contributed by atoms with E-state index in [0.29, 0.717) is 5.82 Å². The van der Waals surface area contributed by atoms with Gasteiger partial charge in [0, 0.05) is 5.75 Å². The van der Waals surface area contributed by atoms with Gasteiger partial charge in [-0.15, -0.1) is 11.8 Å². The van der Waals surface area contributed by atoms with Crippen LogP contribution >= 0.6 is 11.8 Å². The third-order valence-corrected chi connectivity index (χ3v) is 3.37. The highest BCUT2D eigenvalue weighted by atomic mass is 32.2. The van der Waals surface area contributed by atoms with Crippen LogP contribution in [0.3, 0.4) is 0 Å². The van der Waals surface area contributed by atoms with Crippen molar-refractivity contribution >= 4 is 17.6 Å². The second kappa shape index (κ2) is 4.40. The monoisotopic (exact) mass is 219 g/mol. The third kappa shape index (κ3) is 2.33. The maximum absolute atomic E-state index is 5.70. The van der Waals surface area contributed by atoms with Crippen molar-refractivity contribution in [1.82, 2.24) is 10.2 Å². The standard InChI is InChI=1S/C11H13N3S/c1-8-4-2-3-5-9(8)7-15-10-6-13-14-11(10)12/h2-6H,7H2,1H3,(H3,12,13,14). The van der Waals surface area contributed by atoms with Crippen LogP contribution in [0.25, 0.3) is 0 Å². The first-order valence-electron chi connectivity index (χ1n) is 4.73. The van der Waals surface area contributed by atoms with Gasteiger partial charge in [-0.05, 0) is 18.1 Å². The summed E-state index contributed by atoms with van der Waals surface area (Å²) in [5.74, 6) is 1.57. The predicted octanol–water partition coefficient (Wildman–Crippen LogP) is 2.59. The van der Waals surface area contributed by atoms with Crippen LogP contribution in [-0.2, 0) is 5.75 Å². The highest BCUT2D eigenvalue weighted by Crippen LogP contribution is 2.26. The maximum Gasteiger partial charge on any atom is 0.132 e. The van der Waals surface area contributed by atoms with E-state index in [-0.39, 0.29) is 0 Å². The van der Waals surface area contributed by atoms with Gasteiger partial charge in [-0.2, -0.15) is 5.10 Å². The van der Waals surface area contributed by atoms with E-state index in [1.54, 1.807) is 18.0 Å². The van der Waals surface area contributed by atoms with E-state index in [0.717, 1.165) is 10.6 Å². The molecule has 4 heteroatoms. The highest BCUT2D eigenvalue weighted by molar-refractivity contribution is 7.98. The molecule has 1 aromatic carbocycles. The van der Waals surface area contributed by atoms with Gasteiger partial charge in [-0.1, -0.05) is 24.3 Å². The second-order valence-corrected chi connectivity index (χ2v) is 4.38. The van der Waals surface area contributed by atoms with Crippen molar-refractivity contribution in [2.45, 2.75) is 17.6 Å². The Morgan fingerprint density at radius 3 is 2.87 bits per heavy atom. The molecule has 0 atom stereocenters. The summed E-state index contributed by atoms with van der Waals surface area (Å²) in [6.45, 7) is 2.12. The number of aromatic nitrogens is 2. The Balaban J connectivity index is 2.06. The largest absolute Gasteiger partial charge is 0.383 e. The molecule has 0 fully saturated rings. The van der Waals surface area contributed by atoms with Gasteiger partial charge < -0.3 is 5.73 Å². The number of H-pyrrole nitrogens is 1. The Morgan fingerprint density at radius 1 is 1.40 bits per heavy atom. The Labute approximate surface area is 93.1 Å². The smallest absolute Gasteiger partial charge is 0.132 e. The van der Waals surface area contributed by atoms with Gasteiger partial charge in [0.15, 0.2) is 0 Å². The molecule has 0 bridgehead atoms. The maximum atomic E-state index is 5.70. The van der Waals surface area contributed by atoms with E-state index in [2.05, 4.69) is 41.4 Å². The molecule has 1 heterocycles. The zero-order valence-corrected chi connectivity index (χ0v) is 9.34. The van der Waals surface area contributed by atoms with Crippen molar-refractivity contribution < 1.29 is 0 Å². The molecule has 1 aromatic heterocycles. The summed E-state index contributed by atoms with van der Waals surface area (Å²) >= 11 is 1.70. The SMILES string of the molecule is Cc1ccccc1CSc1cn[nH]c1N. The van der Waals surface area contributed by atoms with Crippen molar-refractivity contribution in [2.75, 3.05) is 5.73 Å². The zero-order valence-electron chi connectivity index (χ0n) is 8.53. The van der Waals surface area contributed by atoms with Crippen LogP contribution in [0.15, 0.2) is 35.4 Å². The Kier molecular flexibility index (Phi) is 2.97. The quantitative estimate of drug-likeness (QED) is 0.780. The number of hydrogen-bond donors (Lipinski definition) is 2. The van der Waals surface area contributed by atoms with Gasteiger partial charge in [0.25, 0.3) is 0 Å². The summed E-state index contributed by atoms with van der Waals surface area (Å²) in [4.78, 5) is 1.01. The number of aromatic amines is 1. The fourth-order valence-corrected chi connectivity index (χ4v) is 2.29. The molecule has 3 nitrogen and oxygen atoms in total. The van der Waals surface area contributed by atoms with Gasteiger partial charge in [-0.25, -0.2) is 0 Å². The Morgan fingerprint density at radius 2 is 2.20 bits per heavy atom. The van der Waals surface area contributed by atoms with Gasteiger partial charge >= 0.3 is 0 Å². The molecule has 0 spiro atoms. The number of thioether (sulfide) groups is 1. The zero-order chi connectivity index (χ0) is 10.7. The van der Waals surface area contributed by atoms with Crippen molar-refractivity contribution in [3.05, 3.63) is 41.6 Å². The van der Waals surface area contributed by atoms with Crippen molar-refractivity contribution in [3.8, 4) is 0 Å². The van der Waals surface area contributed by atoms with Crippen LogP contribution in [0.1, 0.15) is 11.1 Å². The van der Waals surface area contributed by atoms with Crippen molar-refractivity contribution in [1.29, 1.82) is 0 Å². The second-order valence-electron chi connectivity index (χ2n) is 3.36. The molecule has 0 saturated heterocycles. The van der Waals surface area contributed by atoms with E-state index in [1.165, 1.54) is 11.1 Å². The lowest BCUT2D eigenvalue weighted by Crippen LogP contribution is -1.88. The molecule has 0 aliphatic rings. The fraction of sp³-hybridized carbons (Fsp3) is 0.182. The third-order valence-electron chi connectivity index (χ3n) is 2.28. The molecule has 0 unspecified atom stereocenters. The van der Waals surface area contributed by atoms with E-state index in [9.17, 15) is 0 Å². The number of aryl methyl sites for hydroxylation is 1. The van der Waals surface area contributed by atoms with Crippen LogP contribution in [-0.4, -0.2) is 10.2 Å². The van der Waals surface area contributed by atoms with E-state index in [1.807, 2.05) is 0 Å². The molecule has 0 saturated carbocycles. The molecule has 0 radical (unpaired) electrons. The molecule has 3 N–H and O–H groups in total. The van der Waals surface area contributed by atoms with Gasteiger partial charge in [0.1, 0.15) is 5.82 Å². The van der Waals surface area contributed by atoms with Gasteiger partial charge in [0.2, 0.25) is 0 Å². The lowest BCUT2D eigenvalue weighted by molar-refractivity contribution is 1.10. The first kappa shape index (κ1) is 10.1. The van der Waals surface area contributed by atoms with E-state index >= 15 is 0 Å². The lowest BCUT2D eigenvalue weighted by atomic mass is 10.1. The average molecular weight is 219 g/mol. The normalized spacial score (nSPS) is 10.5. The van der Waals surface area contributed by atoms with Crippen molar-refractivity contribution in [3.63, 3.8) is 0 Å². The minimum absolute atomic E-state index is 0.647. The molecular weight excluding hydrogens is 206 g/mol. The fourth-order valence-electron chi connectivity index (χ4n) is 1.33. The predicted molar refractivity (Wildman–Crippen MR) is 63.7 cm³/mol. The first-order valence-corrected chi connectivity index (χ1v) is 5.72. The van der Waals surface area contributed by atoms with Gasteiger partial charge in [0.05, 0.1) is 11.1 Å². The number of anilines is 1. The Hall–Kier alpha value is -1.42. The molecule has 0 aliphatic carbocycles. The molecule has 2 aromatic rings. The van der Waals surface area contributed by atoms with Crippen LogP contribution in [0.2, 0.25) is 0 Å². The molecule has 78 valence electrons. The summed E-state index contributed by atoms with van der Waals surface area (Å²) < 4.78 is 0. The van der Waals surface area contributed by atoms with Crippen LogP contribution < -0.4 is 5.73 Å². The number of nitrogen functional groups attached to an aromatic ring is 1. The summed E-state index contributed by atoms with van der Waals surface area (Å²) in [6, 6.07) is 8.37. The Bertz CT molecular complexity index is 451.